The Morgan fingerprint density at radius 1 is 1.54 bits per heavy atom. The van der Waals surface area contributed by atoms with E-state index >= 15 is 0 Å². The Morgan fingerprint density at radius 2 is 2.31 bits per heavy atom. The molecule has 0 unspecified atom stereocenters. The molecule has 0 aliphatic heterocycles. The smallest absolute Gasteiger partial charge is 0.263 e. The molecule has 3 nitrogen and oxygen atoms in total. The number of benzene rings is 1. The van der Waals surface area contributed by atoms with Crippen molar-refractivity contribution in [2.24, 2.45) is 0 Å². The molecule has 0 bridgehead atoms. The molecule has 0 aliphatic carbocycles. The molecule has 0 aromatic heterocycles. The number of hydrogen-bond donors (Lipinski definition) is 0. The molecule has 0 heterocycles. The largest absolute Gasteiger partial charge is 0.264 e. The maximum atomic E-state index is 9.96. The van der Waals surface area contributed by atoms with Crippen molar-refractivity contribution in [2.45, 2.75) is 6.92 Å². The van der Waals surface area contributed by atoms with Crippen LogP contribution >= 0.6 is 0 Å². The average Bonchev–Trinajstić information content (AvgIpc) is 2.03. The molecule has 0 fully saturated rings. The zero-order valence-corrected chi connectivity index (χ0v) is 7.28. The first-order chi connectivity index (χ1) is 6.18. The summed E-state index contributed by atoms with van der Waals surface area (Å²) >= 11 is 0. The summed E-state index contributed by atoms with van der Waals surface area (Å²) in [4.78, 5) is 9.52. The van der Waals surface area contributed by atoms with E-state index in [1.165, 1.54) is 0 Å². The molecule has 0 amide bonds. The van der Waals surface area contributed by atoms with Crippen LogP contribution in [0.25, 0.3) is 0 Å². The van der Waals surface area contributed by atoms with E-state index in [-0.39, 0.29) is 6.54 Å². The molecule has 0 saturated heterocycles. The zero-order chi connectivity index (χ0) is 9.68. The highest BCUT2D eigenvalue weighted by atomic mass is 16.6. The molecular formula is C10H9NO2. The predicted molar refractivity (Wildman–Crippen MR) is 49.9 cm³/mol. The van der Waals surface area contributed by atoms with E-state index in [1.54, 1.807) is 0 Å². The Kier molecular flexibility index (Phi) is 3.04. The van der Waals surface area contributed by atoms with Gasteiger partial charge in [0.2, 0.25) is 0 Å². The van der Waals surface area contributed by atoms with E-state index in [0.29, 0.717) is 0 Å². The van der Waals surface area contributed by atoms with Crippen molar-refractivity contribution >= 4 is 0 Å². The minimum atomic E-state index is -0.442. The Hall–Kier alpha value is -1.82. The Balaban J connectivity index is 2.72. The lowest BCUT2D eigenvalue weighted by Gasteiger charge is -1.91. The van der Waals surface area contributed by atoms with E-state index < -0.39 is 4.92 Å². The number of hydrogen-bond acceptors (Lipinski definition) is 2. The molecule has 13 heavy (non-hydrogen) atoms. The van der Waals surface area contributed by atoms with Crippen molar-refractivity contribution in [1.29, 1.82) is 0 Å². The van der Waals surface area contributed by atoms with Crippen LogP contribution < -0.4 is 0 Å². The third-order valence-corrected chi connectivity index (χ3v) is 1.46. The fourth-order valence-corrected chi connectivity index (χ4v) is 0.929. The minimum Gasteiger partial charge on any atom is -0.264 e. The first-order valence-electron chi connectivity index (χ1n) is 3.86. The van der Waals surface area contributed by atoms with Crippen LogP contribution in [0.4, 0.5) is 0 Å². The number of rotatable bonds is 1. The minimum absolute atomic E-state index is 0.298. The summed E-state index contributed by atoms with van der Waals surface area (Å²) in [6.45, 7) is 1.66. The molecule has 0 N–H and O–H groups in total. The highest BCUT2D eigenvalue weighted by Gasteiger charge is 1.89. The third kappa shape index (κ3) is 3.39. The van der Waals surface area contributed by atoms with Crippen molar-refractivity contribution in [2.75, 3.05) is 6.54 Å². The van der Waals surface area contributed by atoms with Gasteiger partial charge in [0.25, 0.3) is 6.54 Å². The van der Waals surface area contributed by atoms with Crippen LogP contribution in [-0.2, 0) is 0 Å². The van der Waals surface area contributed by atoms with E-state index in [4.69, 9.17) is 0 Å². The normalized spacial score (nSPS) is 8.69. The van der Waals surface area contributed by atoms with Gasteiger partial charge in [0.05, 0.1) is 0 Å². The molecule has 1 aromatic carbocycles. The van der Waals surface area contributed by atoms with Gasteiger partial charge in [0.1, 0.15) is 0 Å². The van der Waals surface area contributed by atoms with Crippen LogP contribution in [0, 0.1) is 28.9 Å². The number of aryl methyl sites for hydroxylation is 1. The van der Waals surface area contributed by atoms with Crippen LogP contribution in [-0.4, -0.2) is 11.5 Å². The highest BCUT2D eigenvalue weighted by Crippen LogP contribution is 2.01. The van der Waals surface area contributed by atoms with Crippen LogP contribution in [0.5, 0.6) is 0 Å². The summed E-state index contributed by atoms with van der Waals surface area (Å²) in [5, 5.41) is 9.96. The van der Waals surface area contributed by atoms with Crippen molar-refractivity contribution in [1.82, 2.24) is 0 Å². The molecule has 0 saturated carbocycles. The first kappa shape index (κ1) is 9.27. The fourth-order valence-electron chi connectivity index (χ4n) is 0.929. The van der Waals surface area contributed by atoms with E-state index in [2.05, 4.69) is 11.8 Å². The summed E-state index contributed by atoms with van der Waals surface area (Å²) in [6, 6.07) is 7.57. The Morgan fingerprint density at radius 3 is 2.92 bits per heavy atom. The molecule has 1 rings (SSSR count). The average molecular weight is 175 g/mol. The van der Waals surface area contributed by atoms with Crippen molar-refractivity contribution < 1.29 is 4.92 Å². The maximum absolute atomic E-state index is 9.96. The number of nitro groups is 1. The highest BCUT2D eigenvalue weighted by molar-refractivity contribution is 5.36. The van der Waals surface area contributed by atoms with Crippen LogP contribution in [0.3, 0.4) is 0 Å². The SMILES string of the molecule is Cc1cccc(C#CC[N+](=O)[O-])c1. The van der Waals surface area contributed by atoms with E-state index in [9.17, 15) is 10.1 Å². The molecule has 0 atom stereocenters. The van der Waals surface area contributed by atoms with Crippen LogP contribution in [0.1, 0.15) is 11.1 Å². The Bertz CT molecular complexity index is 374. The lowest BCUT2D eigenvalue weighted by molar-refractivity contribution is -0.466. The molecule has 0 spiro atoms. The van der Waals surface area contributed by atoms with E-state index in [1.807, 2.05) is 31.2 Å². The van der Waals surface area contributed by atoms with Crippen LogP contribution in [0.15, 0.2) is 24.3 Å². The summed E-state index contributed by atoms with van der Waals surface area (Å²) < 4.78 is 0. The van der Waals surface area contributed by atoms with Gasteiger partial charge < -0.3 is 0 Å². The second kappa shape index (κ2) is 4.27. The van der Waals surface area contributed by atoms with Crippen LogP contribution in [0.2, 0.25) is 0 Å². The predicted octanol–water partition coefficient (Wildman–Crippen LogP) is 1.62. The zero-order valence-electron chi connectivity index (χ0n) is 7.28. The van der Waals surface area contributed by atoms with Gasteiger partial charge in [-0.1, -0.05) is 18.1 Å². The molecule has 1 aromatic rings. The standard InChI is InChI=1S/C10H9NO2/c1-9-4-2-5-10(8-9)6-3-7-11(12)13/h2,4-5,8H,7H2,1H3. The van der Waals surface area contributed by atoms with E-state index in [0.717, 1.165) is 11.1 Å². The van der Waals surface area contributed by atoms with Gasteiger partial charge in [-0.2, -0.15) is 0 Å². The molecule has 66 valence electrons. The molecule has 0 radical (unpaired) electrons. The van der Waals surface area contributed by atoms with Gasteiger partial charge in [0.15, 0.2) is 0 Å². The fraction of sp³-hybridized carbons (Fsp3) is 0.200. The first-order valence-corrected chi connectivity index (χ1v) is 3.86. The van der Waals surface area contributed by atoms with Gasteiger partial charge >= 0.3 is 0 Å². The lowest BCUT2D eigenvalue weighted by atomic mass is 10.1. The third-order valence-electron chi connectivity index (χ3n) is 1.46. The van der Waals surface area contributed by atoms with Gasteiger partial charge in [-0.25, -0.2) is 0 Å². The summed E-state index contributed by atoms with van der Waals surface area (Å²) in [6.07, 6.45) is 0. The quantitative estimate of drug-likeness (QED) is 0.370. The number of nitrogens with zero attached hydrogens (tertiary/aromatic N) is 1. The van der Waals surface area contributed by atoms with Gasteiger partial charge in [0, 0.05) is 10.5 Å². The van der Waals surface area contributed by atoms with Gasteiger partial charge in [-0.15, -0.1) is 0 Å². The Labute approximate surface area is 76.5 Å². The van der Waals surface area contributed by atoms with Crippen molar-refractivity contribution in [3.63, 3.8) is 0 Å². The summed E-state index contributed by atoms with van der Waals surface area (Å²) in [7, 11) is 0. The lowest BCUT2D eigenvalue weighted by Crippen LogP contribution is -1.96. The monoisotopic (exact) mass is 175 g/mol. The van der Waals surface area contributed by atoms with Gasteiger partial charge in [-0.3, -0.25) is 10.1 Å². The maximum Gasteiger partial charge on any atom is 0.263 e. The van der Waals surface area contributed by atoms with Crippen molar-refractivity contribution in [3.8, 4) is 11.8 Å². The molecular weight excluding hydrogens is 166 g/mol. The molecule has 0 aliphatic rings. The summed E-state index contributed by atoms with van der Waals surface area (Å²) in [5.74, 6) is 5.20. The summed E-state index contributed by atoms with van der Waals surface area (Å²) in [5.41, 5.74) is 1.93. The molecule has 3 heteroatoms. The topological polar surface area (TPSA) is 43.1 Å². The van der Waals surface area contributed by atoms with Crippen molar-refractivity contribution in [3.05, 3.63) is 45.5 Å². The van der Waals surface area contributed by atoms with Gasteiger partial charge in [-0.05, 0) is 30.5 Å². The second-order valence-electron chi connectivity index (χ2n) is 2.66. The second-order valence-corrected chi connectivity index (χ2v) is 2.66.